The first kappa shape index (κ1) is 17.4. The highest BCUT2D eigenvalue weighted by Crippen LogP contribution is 2.22. The molecule has 2 aliphatic heterocycles. The molecule has 1 amide bonds. The number of carbonyl (C=O) groups is 1. The molecule has 0 radical (unpaired) electrons. The summed E-state index contributed by atoms with van der Waals surface area (Å²) in [4.78, 5) is 17.0. The van der Waals surface area contributed by atoms with Gasteiger partial charge in [0.2, 0.25) is 0 Å². The van der Waals surface area contributed by atoms with Crippen molar-refractivity contribution < 1.29 is 14.6 Å². The van der Waals surface area contributed by atoms with E-state index in [1.54, 1.807) is 4.90 Å². The fourth-order valence-corrected chi connectivity index (χ4v) is 3.80. The number of hydrogen-bond donors (Lipinski definition) is 1. The number of aliphatic hydroxyl groups is 1. The first-order valence-corrected chi connectivity index (χ1v) is 8.86. The fourth-order valence-electron chi connectivity index (χ4n) is 3.80. The molecule has 2 atom stereocenters. The Labute approximate surface area is 143 Å². The number of carbonyl (C=O) groups excluding carboxylic acids is 1. The molecule has 1 N–H and O–H groups in total. The lowest BCUT2D eigenvalue weighted by Crippen LogP contribution is -2.49. The second-order valence-corrected chi connectivity index (χ2v) is 6.76. The highest BCUT2D eigenvalue weighted by atomic mass is 16.5. The van der Waals surface area contributed by atoms with Crippen molar-refractivity contribution in [3.8, 4) is 0 Å². The number of hydrogen-bond acceptors (Lipinski definition) is 5. The quantitative estimate of drug-likeness (QED) is 0.863. The number of β-amino-alcohol motifs (C(OH)–C–C–N with tert-alkyl or cyclic N) is 1. The standard InChI is InChI=1S/C17H28N4O3/c1-4-5-21-13(3)16(12(2)18-21)17(23)20-10-14(15(22)11-20)19-6-8-24-9-7-19/h14-15,22H,4-11H2,1-3H3/t14-,15-/m1/s1. The second-order valence-electron chi connectivity index (χ2n) is 6.76. The summed E-state index contributed by atoms with van der Waals surface area (Å²) in [5.41, 5.74) is 2.39. The minimum Gasteiger partial charge on any atom is -0.390 e. The van der Waals surface area contributed by atoms with Gasteiger partial charge in [-0.3, -0.25) is 14.4 Å². The molecule has 0 aliphatic carbocycles. The molecular formula is C17H28N4O3. The van der Waals surface area contributed by atoms with Gasteiger partial charge in [0.15, 0.2) is 0 Å². The summed E-state index contributed by atoms with van der Waals surface area (Å²) in [6.07, 6.45) is 0.482. The summed E-state index contributed by atoms with van der Waals surface area (Å²) in [6, 6.07) is 0.00384. The SMILES string of the molecule is CCCn1nc(C)c(C(=O)N2C[C@@H](O)[C@H](N3CCOCC3)C2)c1C. The number of rotatable bonds is 4. The number of likely N-dealkylation sites (tertiary alicyclic amines) is 1. The molecule has 7 nitrogen and oxygen atoms in total. The molecule has 0 aromatic carbocycles. The van der Waals surface area contributed by atoms with Gasteiger partial charge in [-0.2, -0.15) is 5.10 Å². The lowest BCUT2D eigenvalue weighted by molar-refractivity contribution is -0.00611. The maximum Gasteiger partial charge on any atom is 0.257 e. The van der Waals surface area contributed by atoms with Crippen molar-refractivity contribution in [2.24, 2.45) is 0 Å². The molecule has 2 aliphatic rings. The summed E-state index contributed by atoms with van der Waals surface area (Å²) in [5, 5.41) is 14.9. The van der Waals surface area contributed by atoms with Gasteiger partial charge in [-0.1, -0.05) is 6.92 Å². The summed E-state index contributed by atoms with van der Waals surface area (Å²) in [5.74, 6) is -0.0119. The Kier molecular flexibility index (Phi) is 5.22. The zero-order valence-corrected chi connectivity index (χ0v) is 14.9. The number of aryl methyl sites for hydroxylation is 2. The van der Waals surface area contributed by atoms with Crippen LogP contribution < -0.4 is 0 Å². The third-order valence-corrected chi connectivity index (χ3v) is 5.09. The maximum atomic E-state index is 13.0. The van der Waals surface area contributed by atoms with Crippen LogP contribution in [-0.2, 0) is 11.3 Å². The van der Waals surface area contributed by atoms with Gasteiger partial charge in [-0.25, -0.2) is 0 Å². The smallest absolute Gasteiger partial charge is 0.257 e. The summed E-state index contributed by atoms with van der Waals surface area (Å²) >= 11 is 0. The molecule has 3 rings (SSSR count). The molecule has 2 fully saturated rings. The van der Waals surface area contributed by atoms with Crippen molar-refractivity contribution in [3.05, 3.63) is 17.0 Å². The minimum atomic E-state index is -0.502. The van der Waals surface area contributed by atoms with Crippen molar-refractivity contribution in [1.82, 2.24) is 19.6 Å². The first-order chi connectivity index (χ1) is 11.5. The van der Waals surface area contributed by atoms with Crippen LogP contribution in [0.3, 0.4) is 0 Å². The third-order valence-electron chi connectivity index (χ3n) is 5.09. The Morgan fingerprint density at radius 3 is 2.67 bits per heavy atom. The Balaban J connectivity index is 1.74. The van der Waals surface area contributed by atoms with Crippen LogP contribution in [0, 0.1) is 13.8 Å². The molecule has 3 heterocycles. The van der Waals surface area contributed by atoms with Gasteiger partial charge < -0.3 is 14.7 Å². The summed E-state index contributed by atoms with van der Waals surface area (Å²) in [7, 11) is 0. The first-order valence-electron chi connectivity index (χ1n) is 8.86. The molecule has 2 saturated heterocycles. The van der Waals surface area contributed by atoms with Crippen molar-refractivity contribution in [2.45, 2.75) is 45.9 Å². The van der Waals surface area contributed by atoms with Gasteiger partial charge in [0.1, 0.15) is 0 Å². The van der Waals surface area contributed by atoms with Gasteiger partial charge >= 0.3 is 0 Å². The molecule has 1 aromatic rings. The van der Waals surface area contributed by atoms with E-state index >= 15 is 0 Å². The average Bonchev–Trinajstić information content (AvgIpc) is 3.09. The summed E-state index contributed by atoms with van der Waals surface area (Å²) < 4.78 is 7.29. The number of aliphatic hydroxyl groups excluding tert-OH is 1. The number of morpholine rings is 1. The maximum absolute atomic E-state index is 13.0. The Bertz CT molecular complexity index is 595. The van der Waals surface area contributed by atoms with Crippen molar-refractivity contribution in [2.75, 3.05) is 39.4 Å². The number of aromatic nitrogens is 2. The van der Waals surface area contributed by atoms with Crippen LogP contribution >= 0.6 is 0 Å². The van der Waals surface area contributed by atoms with Crippen LogP contribution in [0.15, 0.2) is 0 Å². The zero-order chi connectivity index (χ0) is 17.3. The molecule has 0 saturated carbocycles. The third kappa shape index (κ3) is 3.20. The van der Waals surface area contributed by atoms with Crippen molar-refractivity contribution in [3.63, 3.8) is 0 Å². The fraction of sp³-hybridized carbons (Fsp3) is 0.765. The van der Waals surface area contributed by atoms with E-state index in [1.165, 1.54) is 0 Å². The Hall–Kier alpha value is -1.44. The normalized spacial score (nSPS) is 25.4. The van der Waals surface area contributed by atoms with Crippen LogP contribution in [0.4, 0.5) is 0 Å². The van der Waals surface area contributed by atoms with E-state index in [9.17, 15) is 9.90 Å². The largest absolute Gasteiger partial charge is 0.390 e. The van der Waals surface area contributed by atoms with Crippen LogP contribution in [0.5, 0.6) is 0 Å². The minimum absolute atomic E-state index is 0.00384. The predicted octanol–water partition coefficient (Wildman–Crippen LogP) is 0.427. The van der Waals surface area contributed by atoms with E-state index in [2.05, 4.69) is 16.9 Å². The van der Waals surface area contributed by atoms with Gasteiger partial charge in [0.25, 0.3) is 5.91 Å². The van der Waals surface area contributed by atoms with Gasteiger partial charge in [0.05, 0.1) is 36.6 Å². The van der Waals surface area contributed by atoms with E-state index in [4.69, 9.17) is 4.74 Å². The van der Waals surface area contributed by atoms with E-state index < -0.39 is 6.10 Å². The highest BCUT2D eigenvalue weighted by molar-refractivity contribution is 5.96. The number of amides is 1. The molecule has 24 heavy (non-hydrogen) atoms. The van der Waals surface area contributed by atoms with E-state index in [0.717, 1.165) is 37.4 Å². The highest BCUT2D eigenvalue weighted by Gasteiger charge is 2.39. The average molecular weight is 336 g/mol. The van der Waals surface area contributed by atoms with E-state index in [1.807, 2.05) is 18.5 Å². The Morgan fingerprint density at radius 1 is 1.29 bits per heavy atom. The molecule has 0 spiro atoms. The Morgan fingerprint density at radius 2 is 2.00 bits per heavy atom. The number of nitrogens with zero attached hydrogens (tertiary/aromatic N) is 4. The molecule has 1 aromatic heterocycles. The molecule has 0 bridgehead atoms. The summed E-state index contributed by atoms with van der Waals surface area (Å²) in [6.45, 7) is 10.7. The number of ether oxygens (including phenoxy) is 1. The monoisotopic (exact) mass is 336 g/mol. The van der Waals surface area contributed by atoms with Gasteiger partial charge in [0, 0.05) is 38.4 Å². The lowest BCUT2D eigenvalue weighted by atomic mass is 10.1. The second kappa shape index (κ2) is 7.21. The van der Waals surface area contributed by atoms with Crippen LogP contribution in [0.2, 0.25) is 0 Å². The topological polar surface area (TPSA) is 70.8 Å². The molecule has 0 unspecified atom stereocenters. The van der Waals surface area contributed by atoms with Crippen LogP contribution in [0.1, 0.15) is 35.1 Å². The molecule has 134 valence electrons. The predicted molar refractivity (Wildman–Crippen MR) is 90.1 cm³/mol. The van der Waals surface area contributed by atoms with Crippen LogP contribution in [0.25, 0.3) is 0 Å². The zero-order valence-electron chi connectivity index (χ0n) is 14.9. The van der Waals surface area contributed by atoms with Crippen molar-refractivity contribution >= 4 is 5.91 Å². The van der Waals surface area contributed by atoms with Crippen LogP contribution in [-0.4, -0.2) is 82.1 Å². The lowest BCUT2D eigenvalue weighted by Gasteiger charge is -2.33. The van der Waals surface area contributed by atoms with Gasteiger partial charge in [-0.05, 0) is 20.3 Å². The van der Waals surface area contributed by atoms with E-state index in [-0.39, 0.29) is 11.9 Å². The molecular weight excluding hydrogens is 308 g/mol. The molecule has 7 heteroatoms. The van der Waals surface area contributed by atoms with Crippen molar-refractivity contribution in [1.29, 1.82) is 0 Å². The van der Waals surface area contributed by atoms with Gasteiger partial charge in [-0.15, -0.1) is 0 Å². The van der Waals surface area contributed by atoms with E-state index in [0.29, 0.717) is 31.9 Å².